The monoisotopic (exact) mass is 403 g/mol. The molecule has 1 aromatic carbocycles. The Morgan fingerprint density at radius 3 is 2.76 bits per heavy atom. The first-order chi connectivity index (χ1) is 9.66. The summed E-state index contributed by atoms with van der Waals surface area (Å²) in [5, 5.41) is 3.11. The van der Waals surface area contributed by atoms with Crippen LogP contribution in [-0.4, -0.2) is 25.2 Å². The van der Waals surface area contributed by atoms with E-state index in [9.17, 15) is 0 Å². The number of guanidine groups is 1. The first kappa shape index (κ1) is 18.2. The molecule has 0 bridgehead atoms. The van der Waals surface area contributed by atoms with Gasteiger partial charge in [0.1, 0.15) is 0 Å². The highest BCUT2D eigenvalue weighted by Gasteiger charge is 2.28. The lowest BCUT2D eigenvalue weighted by Gasteiger charge is -2.33. The summed E-state index contributed by atoms with van der Waals surface area (Å²) in [5.41, 5.74) is 6.91. The zero-order valence-electron chi connectivity index (χ0n) is 12.8. The molecule has 0 saturated carbocycles. The van der Waals surface area contributed by atoms with Crippen LogP contribution in [0.3, 0.4) is 0 Å². The summed E-state index contributed by atoms with van der Waals surface area (Å²) < 4.78 is 5.87. The van der Waals surface area contributed by atoms with Crippen LogP contribution in [0.25, 0.3) is 0 Å². The molecule has 0 amide bonds. The van der Waals surface area contributed by atoms with E-state index in [1.807, 2.05) is 30.3 Å². The van der Waals surface area contributed by atoms with E-state index in [4.69, 9.17) is 10.5 Å². The summed E-state index contributed by atoms with van der Waals surface area (Å²) in [7, 11) is 0. The summed E-state index contributed by atoms with van der Waals surface area (Å²) >= 11 is 0. The van der Waals surface area contributed by atoms with Gasteiger partial charge in [-0.05, 0) is 30.9 Å². The van der Waals surface area contributed by atoms with Gasteiger partial charge in [-0.15, -0.1) is 24.0 Å². The van der Waals surface area contributed by atoms with Crippen LogP contribution in [0, 0.1) is 11.8 Å². The number of hydrogen-bond donors (Lipinski definition) is 2. The van der Waals surface area contributed by atoms with E-state index in [2.05, 4.69) is 24.2 Å². The molecule has 1 fully saturated rings. The van der Waals surface area contributed by atoms with Gasteiger partial charge in [0, 0.05) is 24.8 Å². The standard InChI is InChI=1S/C16H25N3O.HI/c1-12(2)15-13(7-6-10-20-15)11-18-16(17)19-14-8-4-3-5-9-14;/h3-5,8-9,12-13,15H,6-7,10-11H2,1-2H3,(H3,17,18,19);1H. The molecule has 1 saturated heterocycles. The molecule has 1 aromatic rings. The minimum atomic E-state index is 0. The third kappa shape index (κ3) is 5.82. The van der Waals surface area contributed by atoms with Gasteiger partial charge >= 0.3 is 0 Å². The molecule has 118 valence electrons. The molecule has 1 aliphatic heterocycles. The third-order valence-electron chi connectivity index (χ3n) is 3.69. The average molecular weight is 403 g/mol. The lowest BCUT2D eigenvalue weighted by atomic mass is 9.87. The number of nitrogens with zero attached hydrogens (tertiary/aromatic N) is 1. The van der Waals surface area contributed by atoms with E-state index in [0.717, 1.165) is 25.3 Å². The van der Waals surface area contributed by atoms with Crippen LogP contribution in [0.4, 0.5) is 5.69 Å². The van der Waals surface area contributed by atoms with Crippen molar-refractivity contribution in [2.24, 2.45) is 22.6 Å². The molecule has 0 spiro atoms. The van der Waals surface area contributed by atoms with Crippen LogP contribution < -0.4 is 11.1 Å². The Bertz CT molecular complexity index is 436. The molecule has 4 nitrogen and oxygen atoms in total. The van der Waals surface area contributed by atoms with Gasteiger partial charge in [-0.3, -0.25) is 4.99 Å². The number of ether oxygens (including phenoxy) is 1. The Hall–Kier alpha value is -0.820. The zero-order valence-corrected chi connectivity index (χ0v) is 15.1. The molecule has 21 heavy (non-hydrogen) atoms. The van der Waals surface area contributed by atoms with E-state index in [1.165, 1.54) is 6.42 Å². The Labute approximate surface area is 144 Å². The second kappa shape index (κ2) is 9.25. The number of nitrogens with one attached hydrogen (secondary N) is 1. The van der Waals surface area contributed by atoms with Crippen molar-refractivity contribution in [3.63, 3.8) is 0 Å². The van der Waals surface area contributed by atoms with Crippen molar-refractivity contribution in [2.45, 2.75) is 32.8 Å². The minimum Gasteiger partial charge on any atom is -0.378 e. The van der Waals surface area contributed by atoms with Gasteiger partial charge in [0.05, 0.1) is 6.10 Å². The van der Waals surface area contributed by atoms with Crippen molar-refractivity contribution < 1.29 is 4.74 Å². The Morgan fingerprint density at radius 1 is 1.38 bits per heavy atom. The van der Waals surface area contributed by atoms with E-state index in [1.54, 1.807) is 0 Å². The van der Waals surface area contributed by atoms with Crippen molar-refractivity contribution in [2.75, 3.05) is 18.5 Å². The average Bonchev–Trinajstić information content (AvgIpc) is 2.46. The first-order valence-corrected chi connectivity index (χ1v) is 7.40. The Kier molecular flexibility index (Phi) is 8.03. The zero-order chi connectivity index (χ0) is 14.4. The van der Waals surface area contributed by atoms with Crippen LogP contribution in [0.15, 0.2) is 35.3 Å². The summed E-state index contributed by atoms with van der Waals surface area (Å²) in [6.07, 6.45) is 2.59. The predicted octanol–water partition coefficient (Wildman–Crippen LogP) is 3.48. The molecule has 3 N–H and O–H groups in total. The summed E-state index contributed by atoms with van der Waals surface area (Å²) in [6.45, 7) is 6.02. The largest absolute Gasteiger partial charge is 0.378 e. The Morgan fingerprint density at radius 2 is 2.10 bits per heavy atom. The number of rotatable bonds is 4. The van der Waals surface area contributed by atoms with Gasteiger partial charge in [-0.1, -0.05) is 32.0 Å². The second-order valence-corrected chi connectivity index (χ2v) is 5.70. The fourth-order valence-corrected chi connectivity index (χ4v) is 2.72. The van der Waals surface area contributed by atoms with Crippen molar-refractivity contribution >= 4 is 35.6 Å². The highest BCUT2D eigenvalue weighted by molar-refractivity contribution is 14.0. The minimum absolute atomic E-state index is 0. The van der Waals surface area contributed by atoms with Crippen molar-refractivity contribution in [3.05, 3.63) is 30.3 Å². The summed E-state index contributed by atoms with van der Waals surface area (Å²) in [6, 6.07) is 9.87. The van der Waals surface area contributed by atoms with Crippen molar-refractivity contribution in [3.8, 4) is 0 Å². The lowest BCUT2D eigenvalue weighted by molar-refractivity contribution is -0.0491. The van der Waals surface area contributed by atoms with Gasteiger partial charge in [0.2, 0.25) is 0 Å². The SMILES string of the molecule is CC(C)C1OCCCC1CN=C(N)Nc1ccccc1.I. The number of benzene rings is 1. The quantitative estimate of drug-likeness (QED) is 0.460. The molecule has 2 atom stereocenters. The molecule has 0 radical (unpaired) electrons. The number of halogens is 1. The fourth-order valence-electron chi connectivity index (χ4n) is 2.72. The smallest absolute Gasteiger partial charge is 0.193 e. The number of aliphatic imine (C=N–C) groups is 1. The predicted molar refractivity (Wildman–Crippen MR) is 99.3 cm³/mol. The number of hydrogen-bond acceptors (Lipinski definition) is 2. The van der Waals surface area contributed by atoms with Gasteiger partial charge in [-0.2, -0.15) is 0 Å². The first-order valence-electron chi connectivity index (χ1n) is 7.40. The van der Waals surface area contributed by atoms with Crippen LogP contribution in [0.1, 0.15) is 26.7 Å². The molecule has 2 rings (SSSR count). The molecule has 5 heteroatoms. The molecule has 0 aliphatic carbocycles. The highest BCUT2D eigenvalue weighted by Crippen LogP contribution is 2.26. The fraction of sp³-hybridized carbons (Fsp3) is 0.562. The maximum atomic E-state index is 5.94. The van der Waals surface area contributed by atoms with Gasteiger partial charge < -0.3 is 15.8 Å². The van der Waals surface area contributed by atoms with Gasteiger partial charge in [-0.25, -0.2) is 0 Å². The highest BCUT2D eigenvalue weighted by atomic mass is 127. The van der Waals surface area contributed by atoms with E-state index < -0.39 is 0 Å². The third-order valence-corrected chi connectivity index (χ3v) is 3.69. The van der Waals surface area contributed by atoms with Crippen LogP contribution >= 0.6 is 24.0 Å². The van der Waals surface area contributed by atoms with Gasteiger partial charge in [0.15, 0.2) is 5.96 Å². The Balaban J connectivity index is 0.00000220. The van der Waals surface area contributed by atoms with E-state index in [-0.39, 0.29) is 24.0 Å². The summed E-state index contributed by atoms with van der Waals surface area (Å²) in [4.78, 5) is 4.48. The maximum Gasteiger partial charge on any atom is 0.193 e. The molecular weight excluding hydrogens is 377 g/mol. The number of para-hydroxylation sites is 1. The normalized spacial score (nSPS) is 22.7. The summed E-state index contributed by atoms with van der Waals surface area (Å²) in [5.74, 6) is 1.47. The second-order valence-electron chi connectivity index (χ2n) is 5.70. The molecule has 0 aromatic heterocycles. The molecule has 1 aliphatic rings. The maximum absolute atomic E-state index is 5.94. The van der Waals surface area contributed by atoms with Gasteiger partial charge in [0.25, 0.3) is 0 Å². The van der Waals surface area contributed by atoms with E-state index in [0.29, 0.717) is 23.9 Å². The van der Waals surface area contributed by atoms with Crippen LogP contribution in [0.5, 0.6) is 0 Å². The van der Waals surface area contributed by atoms with Crippen molar-refractivity contribution in [1.82, 2.24) is 0 Å². The topological polar surface area (TPSA) is 59.6 Å². The molecular formula is C16H26IN3O. The van der Waals surface area contributed by atoms with Crippen LogP contribution in [-0.2, 0) is 4.74 Å². The number of nitrogens with two attached hydrogens (primary N) is 1. The lowest BCUT2D eigenvalue weighted by Crippen LogP contribution is -2.36. The molecule has 1 heterocycles. The van der Waals surface area contributed by atoms with Crippen LogP contribution in [0.2, 0.25) is 0 Å². The number of anilines is 1. The van der Waals surface area contributed by atoms with Crippen molar-refractivity contribution in [1.29, 1.82) is 0 Å². The van der Waals surface area contributed by atoms with E-state index >= 15 is 0 Å². The molecule has 2 unspecified atom stereocenters.